The fraction of sp³-hybridized carbons (Fsp3) is 0.550. The Hall–Kier alpha value is -2.15. The van der Waals surface area contributed by atoms with Crippen LogP contribution in [0.2, 0.25) is 0 Å². The molecule has 1 fully saturated rings. The highest BCUT2D eigenvalue weighted by Crippen LogP contribution is 2.27. The number of aromatic nitrogens is 2. The van der Waals surface area contributed by atoms with E-state index in [-0.39, 0.29) is 0 Å². The van der Waals surface area contributed by atoms with Crippen LogP contribution in [0.3, 0.4) is 0 Å². The molecule has 1 saturated heterocycles. The maximum Gasteiger partial charge on any atom is 0.149 e. The van der Waals surface area contributed by atoms with E-state index in [1.54, 1.807) is 0 Å². The average molecular weight is 375 g/mol. The van der Waals surface area contributed by atoms with E-state index in [1.165, 1.54) is 36.2 Å². The molecule has 0 radical (unpaired) electrons. The van der Waals surface area contributed by atoms with Gasteiger partial charge in [0.15, 0.2) is 0 Å². The number of piperazine rings is 1. The first-order chi connectivity index (χ1) is 13.1. The lowest BCUT2D eigenvalue weighted by Crippen LogP contribution is -2.48. The fourth-order valence-electron chi connectivity index (χ4n) is 4.18. The topological polar surface area (TPSA) is 36.3 Å². The van der Waals surface area contributed by atoms with Crippen molar-refractivity contribution in [3.05, 3.63) is 41.1 Å². The first kappa shape index (κ1) is 18.2. The number of hydrogen-bond donors (Lipinski definition) is 1. The molecule has 1 aliphatic carbocycles. The van der Waals surface area contributed by atoms with E-state index in [2.05, 4.69) is 15.3 Å². The monoisotopic (exact) mass is 375 g/mol. The van der Waals surface area contributed by atoms with Crippen LogP contribution in [-0.4, -0.2) is 53.9 Å². The summed E-state index contributed by atoms with van der Waals surface area (Å²) in [4.78, 5) is 4.38. The molecule has 2 aliphatic rings. The number of rotatable bonds is 5. The first-order valence-electron chi connectivity index (χ1n) is 9.83. The molecule has 1 aliphatic heterocycles. The number of halogens is 2. The lowest BCUT2D eigenvalue weighted by molar-refractivity contribution is 0.266. The molecule has 1 aromatic carbocycles. The minimum Gasteiger partial charge on any atom is -0.369 e. The smallest absolute Gasteiger partial charge is 0.149 e. The van der Waals surface area contributed by atoms with E-state index >= 15 is 0 Å². The SMILES string of the molecule is Cn1nc2c(c1NCCN1CCN(c3ccc(F)cc3F)CC1)CCCC2. The van der Waals surface area contributed by atoms with Crippen LogP contribution in [-0.2, 0) is 19.9 Å². The van der Waals surface area contributed by atoms with Gasteiger partial charge in [-0.15, -0.1) is 0 Å². The normalized spacial score (nSPS) is 17.8. The zero-order valence-electron chi connectivity index (χ0n) is 15.8. The molecule has 0 saturated carbocycles. The van der Waals surface area contributed by atoms with Gasteiger partial charge < -0.3 is 10.2 Å². The van der Waals surface area contributed by atoms with Crippen LogP contribution in [0.15, 0.2) is 18.2 Å². The quantitative estimate of drug-likeness (QED) is 0.872. The minimum atomic E-state index is -0.529. The van der Waals surface area contributed by atoms with Gasteiger partial charge in [-0.3, -0.25) is 9.58 Å². The number of aryl methyl sites for hydroxylation is 2. The van der Waals surface area contributed by atoms with Crippen molar-refractivity contribution in [2.75, 3.05) is 49.5 Å². The van der Waals surface area contributed by atoms with Crippen LogP contribution in [0.1, 0.15) is 24.1 Å². The average Bonchev–Trinajstić information content (AvgIpc) is 2.98. The molecule has 4 rings (SSSR count). The molecular formula is C20H27F2N5. The van der Waals surface area contributed by atoms with E-state index in [9.17, 15) is 8.78 Å². The molecule has 27 heavy (non-hydrogen) atoms. The molecule has 0 unspecified atom stereocenters. The summed E-state index contributed by atoms with van der Waals surface area (Å²) in [6.07, 6.45) is 4.69. The van der Waals surface area contributed by atoms with Gasteiger partial charge in [0.05, 0.1) is 11.4 Å². The first-order valence-corrected chi connectivity index (χ1v) is 9.83. The summed E-state index contributed by atoms with van der Waals surface area (Å²) >= 11 is 0. The van der Waals surface area contributed by atoms with Crippen molar-refractivity contribution in [3.63, 3.8) is 0 Å². The molecule has 0 atom stereocenters. The summed E-state index contributed by atoms with van der Waals surface area (Å²) in [6, 6.07) is 3.82. The molecule has 0 amide bonds. The maximum atomic E-state index is 14.0. The van der Waals surface area contributed by atoms with Gasteiger partial charge in [0, 0.05) is 57.9 Å². The summed E-state index contributed by atoms with van der Waals surface area (Å²) in [5.41, 5.74) is 3.14. The standard InChI is InChI=1S/C20H27F2N5/c1-25-20(16-4-2-3-5-18(16)24-25)23-8-9-26-10-12-27(13-11-26)19-7-6-15(21)14-17(19)22/h6-7,14,23H,2-5,8-13H2,1H3. The number of fused-ring (bicyclic) bond motifs is 1. The molecule has 2 heterocycles. The van der Waals surface area contributed by atoms with Gasteiger partial charge in [0.1, 0.15) is 17.5 Å². The molecule has 5 nitrogen and oxygen atoms in total. The van der Waals surface area contributed by atoms with Gasteiger partial charge in [-0.1, -0.05) is 0 Å². The van der Waals surface area contributed by atoms with Gasteiger partial charge in [0.2, 0.25) is 0 Å². The lowest BCUT2D eigenvalue weighted by Gasteiger charge is -2.36. The lowest BCUT2D eigenvalue weighted by atomic mass is 9.97. The summed E-state index contributed by atoms with van der Waals surface area (Å²) in [7, 11) is 2.01. The third-order valence-corrected chi connectivity index (χ3v) is 5.66. The van der Waals surface area contributed by atoms with Crippen molar-refractivity contribution in [2.45, 2.75) is 25.7 Å². The number of benzene rings is 1. The van der Waals surface area contributed by atoms with Crippen LogP contribution in [0.4, 0.5) is 20.3 Å². The number of nitrogens with zero attached hydrogens (tertiary/aromatic N) is 4. The van der Waals surface area contributed by atoms with Gasteiger partial charge in [-0.25, -0.2) is 8.78 Å². The van der Waals surface area contributed by atoms with Crippen molar-refractivity contribution >= 4 is 11.5 Å². The van der Waals surface area contributed by atoms with Crippen LogP contribution < -0.4 is 10.2 Å². The van der Waals surface area contributed by atoms with Crippen molar-refractivity contribution < 1.29 is 8.78 Å². The number of nitrogens with one attached hydrogen (secondary N) is 1. The second-order valence-electron chi connectivity index (χ2n) is 7.46. The minimum absolute atomic E-state index is 0.480. The molecule has 0 bridgehead atoms. The van der Waals surface area contributed by atoms with Crippen LogP contribution in [0.25, 0.3) is 0 Å². The van der Waals surface area contributed by atoms with E-state index in [1.807, 2.05) is 16.6 Å². The zero-order chi connectivity index (χ0) is 18.8. The Morgan fingerprint density at radius 3 is 2.63 bits per heavy atom. The van der Waals surface area contributed by atoms with Gasteiger partial charge >= 0.3 is 0 Å². The second kappa shape index (κ2) is 7.84. The Labute approximate surface area is 158 Å². The largest absolute Gasteiger partial charge is 0.369 e. The predicted molar refractivity (Wildman–Crippen MR) is 103 cm³/mol. The zero-order valence-corrected chi connectivity index (χ0v) is 15.8. The van der Waals surface area contributed by atoms with Crippen LogP contribution >= 0.6 is 0 Å². The maximum absolute atomic E-state index is 14.0. The molecule has 1 N–H and O–H groups in total. The Bertz CT molecular complexity index is 796. The van der Waals surface area contributed by atoms with Crippen molar-refractivity contribution in [3.8, 4) is 0 Å². The Morgan fingerprint density at radius 2 is 1.85 bits per heavy atom. The molecule has 2 aromatic rings. The summed E-state index contributed by atoms with van der Waals surface area (Å²) < 4.78 is 29.0. The van der Waals surface area contributed by atoms with E-state index in [0.29, 0.717) is 5.69 Å². The summed E-state index contributed by atoms with van der Waals surface area (Å²) in [5, 5.41) is 8.22. The molecule has 146 valence electrons. The molecular weight excluding hydrogens is 348 g/mol. The second-order valence-corrected chi connectivity index (χ2v) is 7.46. The van der Waals surface area contributed by atoms with E-state index in [0.717, 1.165) is 64.0 Å². The molecule has 0 spiro atoms. The van der Waals surface area contributed by atoms with E-state index < -0.39 is 11.6 Å². The number of hydrogen-bond acceptors (Lipinski definition) is 4. The molecule has 7 heteroatoms. The van der Waals surface area contributed by atoms with Crippen LogP contribution in [0.5, 0.6) is 0 Å². The highest BCUT2D eigenvalue weighted by atomic mass is 19.1. The third kappa shape index (κ3) is 3.93. The van der Waals surface area contributed by atoms with Crippen LogP contribution in [0, 0.1) is 11.6 Å². The van der Waals surface area contributed by atoms with Crippen molar-refractivity contribution in [1.29, 1.82) is 0 Å². The highest BCUT2D eigenvalue weighted by Gasteiger charge is 2.21. The predicted octanol–water partition coefficient (Wildman–Crippen LogP) is 2.81. The van der Waals surface area contributed by atoms with E-state index in [4.69, 9.17) is 0 Å². The summed E-state index contributed by atoms with van der Waals surface area (Å²) in [6.45, 7) is 5.08. The fourth-order valence-corrected chi connectivity index (χ4v) is 4.18. The van der Waals surface area contributed by atoms with Crippen molar-refractivity contribution in [1.82, 2.24) is 14.7 Å². The Kier molecular flexibility index (Phi) is 5.29. The van der Waals surface area contributed by atoms with Crippen molar-refractivity contribution in [2.24, 2.45) is 7.05 Å². The summed E-state index contributed by atoms with van der Waals surface area (Å²) in [5.74, 6) is 0.154. The Balaban J connectivity index is 1.27. The van der Waals surface area contributed by atoms with Gasteiger partial charge in [0.25, 0.3) is 0 Å². The van der Waals surface area contributed by atoms with Gasteiger partial charge in [-0.05, 0) is 37.8 Å². The highest BCUT2D eigenvalue weighted by molar-refractivity contribution is 5.49. The number of anilines is 2. The third-order valence-electron chi connectivity index (χ3n) is 5.66. The Morgan fingerprint density at radius 1 is 1.07 bits per heavy atom. The van der Waals surface area contributed by atoms with Gasteiger partial charge in [-0.2, -0.15) is 5.10 Å². The molecule has 1 aromatic heterocycles.